The van der Waals surface area contributed by atoms with E-state index in [0.29, 0.717) is 24.3 Å². The van der Waals surface area contributed by atoms with Gasteiger partial charge in [-0.05, 0) is 50.0 Å². The number of carbonyl (C=O) groups excluding carboxylic acids is 1. The maximum Gasteiger partial charge on any atom is 0.242 e. The van der Waals surface area contributed by atoms with Gasteiger partial charge in [0, 0.05) is 40.5 Å². The van der Waals surface area contributed by atoms with Crippen molar-refractivity contribution in [3.8, 4) is 0 Å². The zero-order valence-electron chi connectivity index (χ0n) is 19.5. The molecule has 0 saturated carbocycles. The molecule has 0 bridgehead atoms. The molecule has 1 aromatic heterocycles. The molecule has 0 aliphatic heterocycles. The summed E-state index contributed by atoms with van der Waals surface area (Å²) in [4.78, 5) is 19.2. The smallest absolute Gasteiger partial charge is 0.242 e. The number of nitrogens with zero attached hydrogens (tertiary/aromatic N) is 4. The molecule has 0 radical (unpaired) electrons. The second-order valence-electron chi connectivity index (χ2n) is 8.36. The van der Waals surface area contributed by atoms with Gasteiger partial charge in [0.15, 0.2) is 0 Å². The van der Waals surface area contributed by atoms with E-state index in [0.717, 1.165) is 15.4 Å². The third-order valence-electron chi connectivity index (χ3n) is 5.65. The molecule has 0 spiro atoms. The molecule has 3 aromatic rings. The summed E-state index contributed by atoms with van der Waals surface area (Å²) in [7, 11) is 5.02. The third kappa shape index (κ3) is 5.58. The fourth-order valence-electron chi connectivity index (χ4n) is 3.66. The fraction of sp³-hybridized carbons (Fsp3) is 0.391. The van der Waals surface area contributed by atoms with Crippen LogP contribution >= 0.6 is 0 Å². The van der Waals surface area contributed by atoms with Crippen LogP contribution in [0, 0.1) is 5.82 Å². The van der Waals surface area contributed by atoms with E-state index >= 15 is 0 Å². The number of likely N-dealkylation sites (N-methyl/N-ethyl adjacent to an activating group) is 1. The normalized spacial score (nSPS) is 13.1. The molecule has 10 heteroatoms. The number of aryl methyl sites for hydroxylation is 2. The molecule has 0 unspecified atom stereocenters. The van der Waals surface area contributed by atoms with Crippen molar-refractivity contribution in [2.45, 2.75) is 23.8 Å². The van der Waals surface area contributed by atoms with Gasteiger partial charge >= 0.3 is 0 Å². The molecule has 1 N–H and O–H groups in total. The van der Waals surface area contributed by atoms with Crippen LogP contribution in [0.2, 0.25) is 0 Å². The zero-order valence-corrected chi connectivity index (χ0v) is 20.4. The van der Waals surface area contributed by atoms with E-state index in [-0.39, 0.29) is 29.1 Å². The fourth-order valence-corrected chi connectivity index (χ4v) is 4.58. The second-order valence-corrected chi connectivity index (χ2v) is 10.5. The Morgan fingerprint density at radius 3 is 2.52 bits per heavy atom. The lowest BCUT2D eigenvalue weighted by Crippen LogP contribution is -2.34. The number of carbonyl (C=O) groups is 1. The molecule has 33 heavy (non-hydrogen) atoms. The van der Waals surface area contributed by atoms with Gasteiger partial charge in [-0.25, -0.2) is 22.1 Å². The van der Waals surface area contributed by atoms with Crippen LogP contribution in [0.25, 0.3) is 11.0 Å². The topological polar surface area (TPSA) is 87.5 Å². The van der Waals surface area contributed by atoms with E-state index in [9.17, 15) is 17.6 Å². The van der Waals surface area contributed by atoms with Crippen LogP contribution in [-0.4, -0.2) is 67.8 Å². The number of rotatable bonds is 9. The predicted molar refractivity (Wildman–Crippen MR) is 126 cm³/mol. The van der Waals surface area contributed by atoms with Crippen LogP contribution in [0.1, 0.15) is 23.9 Å². The summed E-state index contributed by atoms with van der Waals surface area (Å²) >= 11 is 0. The summed E-state index contributed by atoms with van der Waals surface area (Å²) < 4.78 is 41.4. The molecule has 0 fully saturated rings. The minimum Gasteiger partial charge on any atom is -0.354 e. The van der Waals surface area contributed by atoms with Gasteiger partial charge in [-0.3, -0.25) is 4.79 Å². The van der Waals surface area contributed by atoms with E-state index < -0.39 is 10.0 Å². The minimum atomic E-state index is -3.55. The molecule has 8 nitrogen and oxygen atoms in total. The Hall–Kier alpha value is -2.82. The van der Waals surface area contributed by atoms with Gasteiger partial charge in [-0.2, -0.15) is 0 Å². The summed E-state index contributed by atoms with van der Waals surface area (Å²) in [5.74, 6) is 0.240. The average Bonchev–Trinajstić information content (AvgIpc) is 3.07. The highest BCUT2D eigenvalue weighted by atomic mass is 32.2. The molecular weight excluding hydrogens is 445 g/mol. The van der Waals surface area contributed by atoms with Crippen LogP contribution in [0.15, 0.2) is 47.4 Å². The molecule has 1 atom stereocenters. The molecule has 178 valence electrons. The Kier molecular flexibility index (Phi) is 7.51. The van der Waals surface area contributed by atoms with Crippen LogP contribution in [-0.2, 0) is 28.3 Å². The number of nitrogens with one attached hydrogen (secondary N) is 1. The van der Waals surface area contributed by atoms with Crippen LogP contribution in [0.5, 0.6) is 0 Å². The van der Waals surface area contributed by atoms with Crippen molar-refractivity contribution in [3.05, 3.63) is 59.7 Å². The lowest BCUT2D eigenvalue weighted by atomic mass is 10.1. The highest BCUT2D eigenvalue weighted by Gasteiger charge is 2.20. The number of sulfonamides is 1. The van der Waals surface area contributed by atoms with Crippen LogP contribution < -0.4 is 5.32 Å². The Morgan fingerprint density at radius 2 is 1.88 bits per heavy atom. The molecule has 1 heterocycles. The van der Waals surface area contributed by atoms with E-state index in [1.165, 1.54) is 26.2 Å². The van der Waals surface area contributed by atoms with Gasteiger partial charge in [0.05, 0.1) is 22.0 Å². The van der Waals surface area contributed by atoms with Gasteiger partial charge in [0.2, 0.25) is 15.9 Å². The van der Waals surface area contributed by atoms with Gasteiger partial charge in [-0.15, -0.1) is 0 Å². The van der Waals surface area contributed by atoms with Crippen LogP contribution in [0.4, 0.5) is 4.39 Å². The largest absolute Gasteiger partial charge is 0.354 e. The highest BCUT2D eigenvalue weighted by molar-refractivity contribution is 7.89. The number of benzene rings is 2. The number of hydrogen-bond donors (Lipinski definition) is 1. The van der Waals surface area contributed by atoms with Crippen LogP contribution in [0.3, 0.4) is 0 Å². The Bertz CT molecular complexity index is 1250. The average molecular weight is 476 g/mol. The summed E-state index contributed by atoms with van der Waals surface area (Å²) in [5.41, 5.74) is 2.15. The lowest BCUT2D eigenvalue weighted by Gasteiger charge is -2.25. The molecule has 2 aromatic carbocycles. The van der Waals surface area contributed by atoms with Crippen molar-refractivity contribution >= 4 is 27.0 Å². The maximum atomic E-state index is 13.6. The Labute approximate surface area is 194 Å². The van der Waals surface area contributed by atoms with Gasteiger partial charge < -0.3 is 14.8 Å². The maximum absolute atomic E-state index is 13.6. The van der Waals surface area contributed by atoms with E-state index in [4.69, 9.17) is 0 Å². The predicted octanol–water partition coefficient (Wildman–Crippen LogP) is 2.31. The number of halogens is 1. The Morgan fingerprint density at radius 1 is 1.15 bits per heavy atom. The van der Waals surface area contributed by atoms with Crippen molar-refractivity contribution in [2.24, 2.45) is 7.05 Å². The zero-order chi connectivity index (χ0) is 24.3. The number of imidazole rings is 1. The molecular formula is C23H30FN5O3S. The SMILES string of the molecule is CN(C)[C@@H](CNC(=O)CCc1nc2cc(S(=O)(=O)N(C)C)ccc2n1C)c1cccc(F)c1. The second kappa shape index (κ2) is 9.98. The quantitative estimate of drug-likeness (QED) is 0.513. The summed E-state index contributed by atoms with van der Waals surface area (Å²) in [5, 5.41) is 2.92. The van der Waals surface area contributed by atoms with Crippen molar-refractivity contribution in [3.63, 3.8) is 0 Å². The lowest BCUT2D eigenvalue weighted by molar-refractivity contribution is -0.121. The molecule has 0 saturated heterocycles. The van der Waals surface area contributed by atoms with E-state index in [1.807, 2.05) is 36.7 Å². The first kappa shape index (κ1) is 24.8. The monoisotopic (exact) mass is 475 g/mol. The first-order valence-corrected chi connectivity index (χ1v) is 12.0. The first-order chi connectivity index (χ1) is 15.5. The highest BCUT2D eigenvalue weighted by Crippen LogP contribution is 2.22. The van der Waals surface area contributed by atoms with Gasteiger partial charge in [0.25, 0.3) is 0 Å². The summed E-state index contributed by atoms with van der Waals surface area (Å²) in [6.45, 7) is 0.351. The number of amides is 1. The molecule has 1 amide bonds. The van der Waals surface area contributed by atoms with Crippen molar-refractivity contribution < 1.29 is 17.6 Å². The standard InChI is InChI=1S/C23H30FN5O3S/c1-27(2)21(16-7-6-8-17(24)13-16)15-25-23(30)12-11-22-26-19-14-18(33(31,32)28(3)4)9-10-20(19)29(22)5/h6-10,13-14,21H,11-12,15H2,1-5H3,(H,25,30)/t21-/m0/s1. The van der Waals surface area contributed by atoms with E-state index in [2.05, 4.69) is 10.3 Å². The van der Waals surface area contributed by atoms with Crippen molar-refractivity contribution in [1.29, 1.82) is 0 Å². The van der Waals surface area contributed by atoms with Gasteiger partial charge in [-0.1, -0.05) is 12.1 Å². The Balaban J connectivity index is 1.67. The van der Waals surface area contributed by atoms with E-state index in [1.54, 1.807) is 24.3 Å². The summed E-state index contributed by atoms with van der Waals surface area (Å²) in [6, 6.07) is 11.0. The number of fused-ring (bicyclic) bond motifs is 1. The van der Waals surface area contributed by atoms with Crippen molar-refractivity contribution in [1.82, 2.24) is 24.1 Å². The molecule has 3 rings (SSSR count). The number of aromatic nitrogens is 2. The minimum absolute atomic E-state index is 0.138. The first-order valence-electron chi connectivity index (χ1n) is 10.6. The van der Waals surface area contributed by atoms with Gasteiger partial charge in [0.1, 0.15) is 11.6 Å². The van der Waals surface area contributed by atoms with Crippen molar-refractivity contribution in [2.75, 3.05) is 34.7 Å². The molecule has 0 aliphatic rings. The number of hydrogen-bond acceptors (Lipinski definition) is 5. The summed E-state index contributed by atoms with van der Waals surface area (Å²) in [6.07, 6.45) is 0.628. The molecule has 0 aliphatic carbocycles. The third-order valence-corrected chi connectivity index (χ3v) is 7.46.